The van der Waals surface area contributed by atoms with Crippen LogP contribution in [0.4, 0.5) is 0 Å². The van der Waals surface area contributed by atoms with Gasteiger partial charge in [-0.05, 0) is 52.4 Å². The molecule has 0 atom stereocenters. The number of allylic oxidation sites excluding steroid dienone is 2. The Bertz CT molecular complexity index is 516. The van der Waals surface area contributed by atoms with E-state index in [1.165, 1.54) is 0 Å². The molecule has 1 aromatic heterocycles. The number of rotatable bonds is 4. The average Bonchev–Trinajstić information content (AvgIpc) is 2.67. The van der Waals surface area contributed by atoms with Gasteiger partial charge in [-0.15, -0.1) is 6.58 Å². The third-order valence-electron chi connectivity index (χ3n) is 3.85. The largest absolute Gasteiger partial charge is 0.326 e. The van der Waals surface area contributed by atoms with Crippen molar-refractivity contribution in [1.29, 1.82) is 0 Å². The zero-order valence-corrected chi connectivity index (χ0v) is 11.9. The first-order chi connectivity index (χ1) is 9.13. The molecule has 0 radical (unpaired) electrons. The maximum atomic E-state index is 12.1. The summed E-state index contributed by atoms with van der Waals surface area (Å²) < 4.78 is 1.93. The maximum Gasteiger partial charge on any atom is 0.326 e. The lowest BCUT2D eigenvalue weighted by molar-refractivity contribution is 0.217. The minimum Gasteiger partial charge on any atom is -0.306 e. The second-order valence-corrected chi connectivity index (χ2v) is 5.26. The molecule has 2 rings (SSSR count). The number of aromatic amines is 1. The monoisotopic (exact) mass is 261 g/mol. The molecule has 4 nitrogen and oxygen atoms in total. The topological polar surface area (TPSA) is 41.0 Å². The summed E-state index contributed by atoms with van der Waals surface area (Å²) in [6.07, 6.45) is 8.75. The molecule has 0 bridgehead atoms. The number of aromatic nitrogens is 2. The molecule has 0 unspecified atom stereocenters. The predicted molar refractivity (Wildman–Crippen MR) is 79.4 cm³/mol. The molecule has 19 heavy (non-hydrogen) atoms. The fraction of sp³-hybridized carbons (Fsp3) is 0.533. The average molecular weight is 261 g/mol. The molecule has 1 N–H and O–H groups in total. The van der Waals surface area contributed by atoms with Gasteiger partial charge in [-0.2, -0.15) is 0 Å². The smallest absolute Gasteiger partial charge is 0.306 e. The van der Waals surface area contributed by atoms with E-state index in [1.54, 1.807) is 0 Å². The molecule has 0 amide bonds. The van der Waals surface area contributed by atoms with Crippen LogP contribution in [0.2, 0.25) is 0 Å². The second-order valence-electron chi connectivity index (χ2n) is 5.26. The van der Waals surface area contributed by atoms with E-state index in [0.29, 0.717) is 6.04 Å². The van der Waals surface area contributed by atoms with Crippen LogP contribution < -0.4 is 5.69 Å². The molecule has 0 spiro atoms. The van der Waals surface area contributed by atoms with Gasteiger partial charge in [-0.1, -0.05) is 12.2 Å². The molecule has 1 aliphatic rings. The van der Waals surface area contributed by atoms with Crippen LogP contribution in [0.25, 0.3) is 6.08 Å². The van der Waals surface area contributed by atoms with Crippen molar-refractivity contribution in [2.45, 2.75) is 32.2 Å². The van der Waals surface area contributed by atoms with Crippen molar-refractivity contribution in [3.05, 3.63) is 40.6 Å². The lowest BCUT2D eigenvalue weighted by Crippen LogP contribution is -2.35. The van der Waals surface area contributed by atoms with Gasteiger partial charge in [0, 0.05) is 11.7 Å². The van der Waals surface area contributed by atoms with Gasteiger partial charge in [0.25, 0.3) is 0 Å². The van der Waals surface area contributed by atoms with E-state index in [2.05, 4.69) is 23.5 Å². The fourth-order valence-electron chi connectivity index (χ4n) is 2.69. The van der Waals surface area contributed by atoms with Crippen LogP contribution in [0.1, 0.15) is 36.7 Å². The summed E-state index contributed by atoms with van der Waals surface area (Å²) in [6, 6.07) is 0.335. The van der Waals surface area contributed by atoms with Gasteiger partial charge < -0.3 is 9.88 Å². The minimum atomic E-state index is 0.0188. The number of nitrogens with zero attached hydrogens (tertiary/aromatic N) is 2. The van der Waals surface area contributed by atoms with E-state index in [4.69, 9.17) is 0 Å². The highest BCUT2D eigenvalue weighted by Crippen LogP contribution is 2.22. The summed E-state index contributed by atoms with van der Waals surface area (Å²) in [4.78, 5) is 17.4. The third kappa shape index (κ3) is 3.07. The van der Waals surface area contributed by atoms with Crippen molar-refractivity contribution < 1.29 is 0 Å². The zero-order valence-electron chi connectivity index (χ0n) is 11.9. The lowest BCUT2D eigenvalue weighted by atomic mass is 10.1. The lowest BCUT2D eigenvalue weighted by Gasteiger charge is -2.29. The van der Waals surface area contributed by atoms with Crippen LogP contribution in [0, 0.1) is 6.92 Å². The van der Waals surface area contributed by atoms with Gasteiger partial charge in [0.15, 0.2) is 0 Å². The van der Waals surface area contributed by atoms with Gasteiger partial charge in [0.05, 0.1) is 5.69 Å². The van der Waals surface area contributed by atoms with Crippen LogP contribution >= 0.6 is 0 Å². The quantitative estimate of drug-likeness (QED) is 0.845. The Morgan fingerprint density at radius 3 is 2.74 bits per heavy atom. The Morgan fingerprint density at radius 1 is 1.42 bits per heavy atom. The maximum absolute atomic E-state index is 12.1. The van der Waals surface area contributed by atoms with Crippen molar-refractivity contribution in [3.8, 4) is 0 Å². The molecule has 1 aliphatic heterocycles. The van der Waals surface area contributed by atoms with Gasteiger partial charge in [0.1, 0.15) is 0 Å². The number of likely N-dealkylation sites (tertiary alicyclic amines) is 1. The minimum absolute atomic E-state index is 0.0188. The number of imidazole rings is 1. The Morgan fingerprint density at radius 2 is 2.11 bits per heavy atom. The van der Waals surface area contributed by atoms with Gasteiger partial charge >= 0.3 is 5.69 Å². The van der Waals surface area contributed by atoms with E-state index in [1.807, 2.05) is 29.7 Å². The molecule has 0 saturated carbocycles. The molecule has 2 heterocycles. The van der Waals surface area contributed by atoms with Gasteiger partial charge in [0.2, 0.25) is 0 Å². The van der Waals surface area contributed by atoms with Gasteiger partial charge in [-0.25, -0.2) is 4.79 Å². The number of H-pyrrole nitrogens is 1. The molecule has 4 heteroatoms. The molecular formula is C15H23N3O. The van der Waals surface area contributed by atoms with Crippen LogP contribution in [-0.4, -0.2) is 34.6 Å². The summed E-state index contributed by atoms with van der Waals surface area (Å²) in [5, 5.41) is 0. The van der Waals surface area contributed by atoms with Crippen molar-refractivity contribution in [2.24, 2.45) is 0 Å². The van der Waals surface area contributed by atoms with Gasteiger partial charge in [-0.3, -0.25) is 4.57 Å². The van der Waals surface area contributed by atoms with E-state index in [0.717, 1.165) is 43.7 Å². The number of nitrogens with one attached hydrogen (secondary N) is 1. The Labute approximate surface area is 114 Å². The van der Waals surface area contributed by atoms with Crippen molar-refractivity contribution >= 4 is 6.08 Å². The highest BCUT2D eigenvalue weighted by molar-refractivity contribution is 5.47. The van der Waals surface area contributed by atoms with E-state index in [9.17, 15) is 4.79 Å². The summed E-state index contributed by atoms with van der Waals surface area (Å²) in [6.45, 7) is 7.82. The Kier molecular flexibility index (Phi) is 4.43. The molecular weight excluding hydrogens is 238 g/mol. The predicted octanol–water partition coefficient (Wildman–Crippen LogP) is 2.34. The second kappa shape index (κ2) is 6.06. The molecule has 0 aromatic carbocycles. The highest BCUT2D eigenvalue weighted by Gasteiger charge is 2.22. The van der Waals surface area contributed by atoms with Crippen molar-refractivity contribution in [3.63, 3.8) is 0 Å². The summed E-state index contributed by atoms with van der Waals surface area (Å²) in [7, 11) is 2.13. The normalized spacial score (nSPS) is 18.2. The van der Waals surface area contributed by atoms with Crippen LogP contribution in [0.15, 0.2) is 23.5 Å². The first-order valence-corrected chi connectivity index (χ1v) is 6.90. The number of hydrogen-bond donors (Lipinski definition) is 1. The molecule has 1 aromatic rings. The summed E-state index contributed by atoms with van der Waals surface area (Å²) >= 11 is 0. The van der Waals surface area contributed by atoms with Crippen LogP contribution in [0.5, 0.6) is 0 Å². The number of piperidine rings is 1. The molecule has 1 saturated heterocycles. The Balaban J connectivity index is 2.21. The third-order valence-corrected chi connectivity index (χ3v) is 3.85. The van der Waals surface area contributed by atoms with Crippen molar-refractivity contribution in [1.82, 2.24) is 14.5 Å². The Hall–Kier alpha value is -1.55. The van der Waals surface area contributed by atoms with E-state index < -0.39 is 0 Å². The molecule has 0 aliphatic carbocycles. The highest BCUT2D eigenvalue weighted by atomic mass is 16.1. The standard InChI is InChI=1S/C15H23N3O/c1-4-5-6-7-14-12(2)18(15(19)16-14)13-8-10-17(3)11-9-13/h4,6-7,13H,1,5,8-11H2,2-3H3,(H,16,19)/b7-6-. The van der Waals surface area contributed by atoms with E-state index >= 15 is 0 Å². The molecule has 1 fully saturated rings. The summed E-state index contributed by atoms with van der Waals surface area (Å²) in [5.74, 6) is 0. The van der Waals surface area contributed by atoms with Crippen molar-refractivity contribution in [2.75, 3.05) is 20.1 Å². The summed E-state index contributed by atoms with van der Waals surface area (Å²) in [5.41, 5.74) is 1.98. The van der Waals surface area contributed by atoms with E-state index in [-0.39, 0.29) is 5.69 Å². The first-order valence-electron chi connectivity index (χ1n) is 6.90. The number of hydrogen-bond acceptors (Lipinski definition) is 2. The fourth-order valence-corrected chi connectivity index (χ4v) is 2.69. The molecule has 104 valence electrons. The SMILES string of the molecule is C=CC/C=C\c1[nH]c(=O)n(C2CCN(C)CC2)c1C. The first kappa shape index (κ1) is 13.9. The van der Waals surface area contributed by atoms with Crippen LogP contribution in [0.3, 0.4) is 0 Å². The zero-order chi connectivity index (χ0) is 13.8. The van der Waals surface area contributed by atoms with Crippen LogP contribution in [-0.2, 0) is 0 Å².